The van der Waals surface area contributed by atoms with Crippen molar-refractivity contribution < 1.29 is 22.7 Å². The van der Waals surface area contributed by atoms with Crippen LogP contribution in [0.5, 0.6) is 11.5 Å². The summed E-state index contributed by atoms with van der Waals surface area (Å²) in [6.45, 7) is 0. The maximum absolute atomic E-state index is 12.5. The van der Waals surface area contributed by atoms with Crippen LogP contribution in [0, 0.1) is 0 Å². The normalized spacial score (nSPS) is 10.9. The monoisotopic (exact) mass is 419 g/mol. The molecule has 0 bridgehead atoms. The molecule has 0 fully saturated rings. The SMILES string of the molecule is COc1ccc(S(=O)(=O)Nc2nc(C(=O)Nc3ccccc3OC)cs2)cc1. The number of sulfonamides is 1. The number of carbonyl (C=O) groups is 1. The highest BCUT2D eigenvalue weighted by Gasteiger charge is 2.18. The van der Waals surface area contributed by atoms with Gasteiger partial charge in [0.15, 0.2) is 5.13 Å². The number of methoxy groups -OCH3 is 2. The van der Waals surface area contributed by atoms with E-state index in [-0.39, 0.29) is 15.7 Å². The van der Waals surface area contributed by atoms with Crippen molar-refractivity contribution in [1.82, 2.24) is 4.98 Å². The topological polar surface area (TPSA) is 107 Å². The zero-order valence-corrected chi connectivity index (χ0v) is 16.6. The third kappa shape index (κ3) is 4.41. The Balaban J connectivity index is 1.73. The first-order valence-corrected chi connectivity index (χ1v) is 10.4. The molecular formula is C18H17N3O5S2. The second-order valence-corrected chi connectivity index (χ2v) is 8.01. The molecule has 8 nitrogen and oxygen atoms in total. The Kier molecular flexibility index (Phi) is 5.81. The van der Waals surface area contributed by atoms with E-state index in [4.69, 9.17) is 9.47 Å². The van der Waals surface area contributed by atoms with Crippen LogP contribution in [0.3, 0.4) is 0 Å². The largest absolute Gasteiger partial charge is 0.497 e. The van der Waals surface area contributed by atoms with Crippen molar-refractivity contribution >= 4 is 38.1 Å². The van der Waals surface area contributed by atoms with Gasteiger partial charge in [0.05, 0.1) is 24.8 Å². The molecular weight excluding hydrogens is 402 g/mol. The van der Waals surface area contributed by atoms with Crippen LogP contribution in [0.1, 0.15) is 10.5 Å². The molecule has 0 saturated heterocycles. The lowest BCUT2D eigenvalue weighted by Gasteiger charge is -2.08. The number of para-hydroxylation sites is 2. The summed E-state index contributed by atoms with van der Waals surface area (Å²) in [5.41, 5.74) is 0.576. The average Bonchev–Trinajstić information content (AvgIpc) is 3.16. The molecule has 3 rings (SSSR count). The van der Waals surface area contributed by atoms with Gasteiger partial charge in [-0.3, -0.25) is 9.52 Å². The molecule has 0 saturated carbocycles. The van der Waals surface area contributed by atoms with Gasteiger partial charge in [-0.05, 0) is 36.4 Å². The lowest BCUT2D eigenvalue weighted by Crippen LogP contribution is -2.15. The maximum Gasteiger partial charge on any atom is 0.275 e. The van der Waals surface area contributed by atoms with Gasteiger partial charge in [0.2, 0.25) is 0 Å². The number of benzene rings is 2. The van der Waals surface area contributed by atoms with Crippen LogP contribution in [0.4, 0.5) is 10.8 Å². The molecule has 0 aliphatic rings. The Morgan fingerprint density at radius 1 is 1.04 bits per heavy atom. The molecule has 1 heterocycles. The summed E-state index contributed by atoms with van der Waals surface area (Å²) >= 11 is 1.01. The Hall–Kier alpha value is -3.11. The lowest BCUT2D eigenvalue weighted by molar-refractivity contribution is 0.102. The van der Waals surface area contributed by atoms with Crippen LogP contribution in [-0.4, -0.2) is 33.5 Å². The van der Waals surface area contributed by atoms with E-state index in [0.29, 0.717) is 17.2 Å². The smallest absolute Gasteiger partial charge is 0.275 e. The van der Waals surface area contributed by atoms with E-state index in [2.05, 4.69) is 15.0 Å². The zero-order chi connectivity index (χ0) is 20.1. The standard InChI is InChI=1S/C18H17N3O5S2/c1-25-12-7-9-13(10-8-12)28(23,24)21-18-20-15(11-27-18)17(22)19-14-5-3-4-6-16(14)26-2/h3-11H,1-2H3,(H,19,22)(H,20,21). The van der Waals surface area contributed by atoms with Crippen molar-refractivity contribution in [2.24, 2.45) is 0 Å². The van der Waals surface area contributed by atoms with Crippen molar-refractivity contribution in [3.05, 3.63) is 59.6 Å². The zero-order valence-electron chi connectivity index (χ0n) is 15.0. The molecule has 0 unspecified atom stereocenters. The Morgan fingerprint density at radius 2 is 1.75 bits per heavy atom. The quantitative estimate of drug-likeness (QED) is 0.609. The third-order valence-corrected chi connectivity index (χ3v) is 5.93. The molecule has 3 aromatic rings. The van der Waals surface area contributed by atoms with E-state index in [1.165, 1.54) is 31.7 Å². The second-order valence-electron chi connectivity index (χ2n) is 5.47. The molecule has 0 aliphatic heterocycles. The number of nitrogens with zero attached hydrogens (tertiary/aromatic N) is 1. The fraction of sp³-hybridized carbons (Fsp3) is 0.111. The van der Waals surface area contributed by atoms with Crippen LogP contribution < -0.4 is 19.5 Å². The van der Waals surface area contributed by atoms with Crippen molar-refractivity contribution in [3.8, 4) is 11.5 Å². The van der Waals surface area contributed by atoms with E-state index in [1.807, 2.05) is 0 Å². The van der Waals surface area contributed by atoms with Gasteiger partial charge < -0.3 is 14.8 Å². The van der Waals surface area contributed by atoms with Crippen LogP contribution in [0.15, 0.2) is 58.8 Å². The molecule has 2 N–H and O–H groups in total. The Morgan fingerprint density at radius 3 is 2.43 bits per heavy atom. The minimum absolute atomic E-state index is 0.0588. The van der Waals surface area contributed by atoms with Gasteiger partial charge in [-0.1, -0.05) is 12.1 Å². The molecule has 0 radical (unpaired) electrons. The lowest BCUT2D eigenvalue weighted by atomic mass is 10.3. The average molecular weight is 419 g/mol. The second kappa shape index (κ2) is 8.28. The summed E-state index contributed by atoms with van der Waals surface area (Å²) in [6.07, 6.45) is 0. The van der Waals surface area contributed by atoms with Gasteiger partial charge in [0, 0.05) is 5.38 Å². The van der Waals surface area contributed by atoms with Gasteiger partial charge >= 0.3 is 0 Å². The molecule has 1 aromatic heterocycles. The van der Waals surface area contributed by atoms with Gasteiger partial charge in [0.25, 0.3) is 15.9 Å². The van der Waals surface area contributed by atoms with Crippen LogP contribution >= 0.6 is 11.3 Å². The van der Waals surface area contributed by atoms with E-state index in [1.54, 1.807) is 36.4 Å². The highest BCUT2D eigenvalue weighted by molar-refractivity contribution is 7.93. The molecule has 0 atom stereocenters. The fourth-order valence-corrected chi connectivity index (χ4v) is 4.23. The maximum atomic E-state index is 12.5. The first-order chi connectivity index (χ1) is 13.4. The summed E-state index contributed by atoms with van der Waals surface area (Å²) in [4.78, 5) is 16.5. The fourth-order valence-electron chi connectivity index (χ4n) is 2.29. The van der Waals surface area contributed by atoms with Gasteiger partial charge in [0.1, 0.15) is 17.2 Å². The number of nitrogens with one attached hydrogen (secondary N) is 2. The third-order valence-electron chi connectivity index (χ3n) is 3.68. The summed E-state index contributed by atoms with van der Waals surface area (Å²) < 4.78 is 37.5. The van der Waals surface area contributed by atoms with Crippen LogP contribution in [0.2, 0.25) is 0 Å². The number of carbonyl (C=O) groups excluding carboxylic acids is 1. The highest BCUT2D eigenvalue weighted by atomic mass is 32.2. The Labute approximate surface area is 166 Å². The first-order valence-electron chi connectivity index (χ1n) is 7.99. The first kappa shape index (κ1) is 19.6. The summed E-state index contributed by atoms with van der Waals surface area (Å²) in [6, 6.07) is 12.9. The summed E-state index contributed by atoms with van der Waals surface area (Å²) in [5.74, 6) is 0.575. The number of aromatic nitrogens is 1. The van der Waals surface area contributed by atoms with Crippen molar-refractivity contribution in [1.29, 1.82) is 0 Å². The molecule has 0 spiro atoms. The number of thiazole rings is 1. The van der Waals surface area contributed by atoms with Gasteiger partial charge in [-0.15, -0.1) is 11.3 Å². The van der Waals surface area contributed by atoms with Crippen LogP contribution in [-0.2, 0) is 10.0 Å². The molecule has 2 aromatic carbocycles. The number of amides is 1. The number of hydrogen-bond acceptors (Lipinski definition) is 7. The highest BCUT2D eigenvalue weighted by Crippen LogP contribution is 2.25. The van der Waals surface area contributed by atoms with E-state index >= 15 is 0 Å². The van der Waals surface area contributed by atoms with Gasteiger partial charge in [-0.25, -0.2) is 13.4 Å². The minimum Gasteiger partial charge on any atom is -0.497 e. The van der Waals surface area contributed by atoms with E-state index in [0.717, 1.165) is 11.3 Å². The van der Waals surface area contributed by atoms with Gasteiger partial charge in [-0.2, -0.15) is 0 Å². The molecule has 28 heavy (non-hydrogen) atoms. The summed E-state index contributed by atoms with van der Waals surface area (Å²) in [5, 5.41) is 4.24. The van der Waals surface area contributed by atoms with E-state index in [9.17, 15) is 13.2 Å². The number of rotatable bonds is 7. The van der Waals surface area contributed by atoms with E-state index < -0.39 is 15.9 Å². The molecule has 0 aliphatic carbocycles. The van der Waals surface area contributed by atoms with Crippen molar-refractivity contribution in [2.45, 2.75) is 4.90 Å². The molecule has 1 amide bonds. The Bertz CT molecular complexity index is 1080. The predicted molar refractivity (Wildman–Crippen MR) is 107 cm³/mol. The number of anilines is 2. The minimum atomic E-state index is -3.83. The molecule has 146 valence electrons. The predicted octanol–water partition coefficient (Wildman–Crippen LogP) is 3.21. The van der Waals surface area contributed by atoms with Crippen molar-refractivity contribution in [2.75, 3.05) is 24.3 Å². The summed E-state index contributed by atoms with van der Waals surface area (Å²) in [7, 11) is -0.835. The number of ether oxygens (including phenoxy) is 2. The van der Waals surface area contributed by atoms with Crippen molar-refractivity contribution in [3.63, 3.8) is 0 Å². The number of hydrogen-bond donors (Lipinski definition) is 2. The molecule has 10 heteroatoms. The van der Waals surface area contributed by atoms with Crippen LogP contribution in [0.25, 0.3) is 0 Å².